The zero-order chi connectivity index (χ0) is 22.5. The average Bonchev–Trinajstić information content (AvgIpc) is 3.26. The zero-order valence-electron chi connectivity index (χ0n) is 17.9. The summed E-state index contributed by atoms with van der Waals surface area (Å²) >= 11 is 1.21. The predicted octanol–water partition coefficient (Wildman–Crippen LogP) is 2.40. The van der Waals surface area contributed by atoms with Crippen LogP contribution in [0.4, 0.5) is 9.80 Å². The van der Waals surface area contributed by atoms with Crippen molar-refractivity contribution < 1.29 is 23.9 Å². The Bertz CT molecular complexity index is 839. The first-order valence-corrected chi connectivity index (χ1v) is 10.6. The van der Waals surface area contributed by atoms with Gasteiger partial charge in [-0.1, -0.05) is 0 Å². The smallest absolute Gasteiger partial charge is 0.408 e. The van der Waals surface area contributed by atoms with E-state index in [1.165, 1.54) is 17.4 Å². The summed E-state index contributed by atoms with van der Waals surface area (Å²) in [7, 11) is 0. The van der Waals surface area contributed by atoms with Gasteiger partial charge < -0.3 is 25.0 Å². The predicted molar refractivity (Wildman–Crippen MR) is 113 cm³/mol. The SMILES string of the molecule is CCOC(=O)c1cc(C#N)c(N2CCC(NC(=O)C(C)NC(=O)OC(C)(C)C)C2)s1. The number of nitriles is 1. The van der Waals surface area contributed by atoms with Crippen LogP contribution in [0.1, 0.15) is 56.3 Å². The summed E-state index contributed by atoms with van der Waals surface area (Å²) < 4.78 is 10.2. The third-order valence-electron chi connectivity index (χ3n) is 4.26. The van der Waals surface area contributed by atoms with Crippen molar-refractivity contribution in [2.24, 2.45) is 0 Å². The van der Waals surface area contributed by atoms with Gasteiger partial charge in [-0.25, -0.2) is 9.59 Å². The number of nitrogens with one attached hydrogen (secondary N) is 2. The molecule has 1 aliphatic rings. The summed E-state index contributed by atoms with van der Waals surface area (Å²) in [5.74, 6) is -0.761. The minimum Gasteiger partial charge on any atom is -0.462 e. The quantitative estimate of drug-likeness (QED) is 0.657. The monoisotopic (exact) mass is 436 g/mol. The molecule has 1 aromatic heterocycles. The van der Waals surface area contributed by atoms with Crippen molar-refractivity contribution in [3.63, 3.8) is 0 Å². The fraction of sp³-hybridized carbons (Fsp3) is 0.600. The number of hydrogen-bond acceptors (Lipinski definition) is 8. The highest BCUT2D eigenvalue weighted by molar-refractivity contribution is 7.18. The third-order valence-corrected chi connectivity index (χ3v) is 5.43. The zero-order valence-corrected chi connectivity index (χ0v) is 18.7. The standard InChI is InChI=1S/C20H28N4O5S/c1-6-28-18(26)15-9-13(10-21)17(30-15)24-8-7-14(11-24)23-16(25)12(2)22-19(27)29-20(3,4)5/h9,12,14H,6-8,11H2,1-5H3,(H,22,27)(H,23,25). The van der Waals surface area contributed by atoms with E-state index in [0.29, 0.717) is 35.0 Å². The molecule has 2 amide bonds. The maximum absolute atomic E-state index is 12.4. The van der Waals surface area contributed by atoms with Gasteiger partial charge in [0.25, 0.3) is 0 Å². The third kappa shape index (κ3) is 6.35. The first-order chi connectivity index (χ1) is 14.0. The van der Waals surface area contributed by atoms with Crippen molar-refractivity contribution in [3.8, 4) is 6.07 Å². The summed E-state index contributed by atoms with van der Waals surface area (Å²) in [6, 6.07) is 2.77. The molecule has 0 aromatic carbocycles. The lowest BCUT2D eigenvalue weighted by Crippen LogP contribution is -2.49. The lowest BCUT2D eigenvalue weighted by atomic mass is 10.2. The second kappa shape index (κ2) is 9.80. The van der Waals surface area contributed by atoms with E-state index in [1.807, 2.05) is 4.90 Å². The number of alkyl carbamates (subject to hydrolysis) is 1. The van der Waals surface area contributed by atoms with Gasteiger partial charge >= 0.3 is 12.1 Å². The van der Waals surface area contributed by atoms with E-state index in [9.17, 15) is 19.6 Å². The van der Waals surface area contributed by atoms with E-state index in [4.69, 9.17) is 9.47 Å². The van der Waals surface area contributed by atoms with Gasteiger partial charge in [-0.05, 0) is 47.1 Å². The van der Waals surface area contributed by atoms with Crippen molar-refractivity contribution >= 4 is 34.3 Å². The number of nitrogens with zero attached hydrogens (tertiary/aromatic N) is 2. The van der Waals surface area contributed by atoms with Gasteiger partial charge in [-0.2, -0.15) is 5.26 Å². The topological polar surface area (TPSA) is 121 Å². The van der Waals surface area contributed by atoms with E-state index >= 15 is 0 Å². The van der Waals surface area contributed by atoms with Gasteiger partial charge in [-0.15, -0.1) is 11.3 Å². The molecule has 10 heteroatoms. The maximum atomic E-state index is 12.4. The van der Waals surface area contributed by atoms with Crippen molar-refractivity contribution in [1.29, 1.82) is 5.26 Å². The molecule has 9 nitrogen and oxygen atoms in total. The van der Waals surface area contributed by atoms with Crippen molar-refractivity contribution in [2.45, 2.75) is 58.7 Å². The summed E-state index contributed by atoms with van der Waals surface area (Å²) in [4.78, 5) is 38.6. The molecule has 1 fully saturated rings. The number of carbonyl (C=O) groups is 3. The molecule has 30 heavy (non-hydrogen) atoms. The number of carbonyl (C=O) groups excluding carboxylic acids is 3. The normalized spacial score (nSPS) is 17.1. The number of amides is 2. The minimum atomic E-state index is -0.749. The molecule has 1 aliphatic heterocycles. The van der Waals surface area contributed by atoms with Crippen LogP contribution >= 0.6 is 11.3 Å². The number of rotatable bonds is 6. The van der Waals surface area contributed by atoms with Crippen LogP contribution in [0.25, 0.3) is 0 Å². The van der Waals surface area contributed by atoms with Crippen molar-refractivity contribution in [2.75, 3.05) is 24.6 Å². The van der Waals surface area contributed by atoms with Gasteiger partial charge in [0.05, 0.1) is 12.2 Å². The molecule has 0 saturated carbocycles. The van der Waals surface area contributed by atoms with E-state index in [0.717, 1.165) is 0 Å². The fourth-order valence-corrected chi connectivity index (χ4v) is 3.97. The Morgan fingerprint density at radius 2 is 2.10 bits per heavy atom. The van der Waals surface area contributed by atoms with E-state index in [1.54, 1.807) is 34.6 Å². The largest absolute Gasteiger partial charge is 0.462 e. The molecule has 1 aromatic rings. The van der Waals surface area contributed by atoms with Crippen LogP contribution < -0.4 is 15.5 Å². The van der Waals surface area contributed by atoms with Crippen LogP contribution in [0.3, 0.4) is 0 Å². The number of hydrogen-bond donors (Lipinski definition) is 2. The molecular weight excluding hydrogens is 408 g/mol. The van der Waals surface area contributed by atoms with Crippen LogP contribution in [-0.4, -0.2) is 55.4 Å². The van der Waals surface area contributed by atoms with Gasteiger partial charge in [0, 0.05) is 19.1 Å². The second-order valence-electron chi connectivity index (χ2n) is 7.97. The molecular formula is C20H28N4O5S. The summed E-state index contributed by atoms with van der Waals surface area (Å²) in [5.41, 5.74) is -0.233. The van der Waals surface area contributed by atoms with Crippen LogP contribution in [-0.2, 0) is 14.3 Å². The lowest BCUT2D eigenvalue weighted by Gasteiger charge is -2.22. The van der Waals surface area contributed by atoms with Crippen LogP contribution in [0.2, 0.25) is 0 Å². The van der Waals surface area contributed by atoms with Gasteiger partial charge in [0.15, 0.2) is 0 Å². The van der Waals surface area contributed by atoms with Crippen molar-refractivity contribution in [1.82, 2.24) is 10.6 Å². The highest BCUT2D eigenvalue weighted by Gasteiger charge is 2.30. The summed E-state index contributed by atoms with van der Waals surface area (Å²) in [5, 5.41) is 15.5. The highest BCUT2D eigenvalue weighted by Crippen LogP contribution is 2.34. The molecule has 0 aliphatic carbocycles. The van der Waals surface area contributed by atoms with Gasteiger partial charge in [0.1, 0.15) is 27.6 Å². The summed E-state index contributed by atoms with van der Waals surface area (Å²) in [6.07, 6.45) is 0.0320. The fourth-order valence-electron chi connectivity index (χ4n) is 2.94. The molecule has 1 saturated heterocycles. The highest BCUT2D eigenvalue weighted by atomic mass is 32.1. The molecule has 2 rings (SSSR count). The Hall–Kier alpha value is -2.80. The Labute approximate surface area is 180 Å². The molecule has 0 radical (unpaired) electrons. The van der Waals surface area contributed by atoms with Crippen LogP contribution in [0.15, 0.2) is 6.07 Å². The maximum Gasteiger partial charge on any atom is 0.408 e. The number of thiophene rings is 1. The first kappa shape index (κ1) is 23.5. The summed E-state index contributed by atoms with van der Waals surface area (Å²) in [6.45, 7) is 9.96. The first-order valence-electron chi connectivity index (χ1n) is 9.80. The Balaban J connectivity index is 1.94. The van der Waals surface area contributed by atoms with E-state index in [2.05, 4.69) is 16.7 Å². The van der Waals surface area contributed by atoms with Crippen LogP contribution in [0.5, 0.6) is 0 Å². The Morgan fingerprint density at radius 1 is 1.40 bits per heavy atom. The number of esters is 1. The molecule has 2 N–H and O–H groups in total. The van der Waals surface area contributed by atoms with Crippen LogP contribution in [0, 0.1) is 11.3 Å². The second-order valence-corrected chi connectivity index (χ2v) is 9.00. The van der Waals surface area contributed by atoms with E-state index < -0.39 is 23.7 Å². The lowest BCUT2D eigenvalue weighted by molar-refractivity contribution is -0.123. The number of ether oxygens (including phenoxy) is 2. The molecule has 2 atom stereocenters. The molecule has 2 unspecified atom stereocenters. The minimum absolute atomic E-state index is 0.139. The van der Waals surface area contributed by atoms with Crippen molar-refractivity contribution in [3.05, 3.63) is 16.5 Å². The Morgan fingerprint density at radius 3 is 2.70 bits per heavy atom. The Kier molecular flexibility index (Phi) is 7.67. The van der Waals surface area contributed by atoms with Gasteiger partial charge in [-0.3, -0.25) is 4.79 Å². The molecule has 164 valence electrons. The van der Waals surface area contributed by atoms with Gasteiger partial charge in [0.2, 0.25) is 5.91 Å². The molecule has 2 heterocycles. The van der Waals surface area contributed by atoms with E-state index in [-0.39, 0.29) is 18.6 Å². The molecule has 0 bridgehead atoms. The molecule has 0 spiro atoms. The number of anilines is 1. The average molecular weight is 437 g/mol.